The van der Waals surface area contributed by atoms with Crippen molar-refractivity contribution >= 4 is 5.91 Å². The highest BCUT2D eigenvalue weighted by Crippen LogP contribution is 2.27. The summed E-state index contributed by atoms with van der Waals surface area (Å²) in [6.07, 6.45) is 3.77. The van der Waals surface area contributed by atoms with Crippen molar-refractivity contribution in [2.45, 2.75) is 6.42 Å². The van der Waals surface area contributed by atoms with Gasteiger partial charge in [0.05, 0.1) is 26.0 Å². The summed E-state index contributed by atoms with van der Waals surface area (Å²) in [6.45, 7) is 0.541. The summed E-state index contributed by atoms with van der Waals surface area (Å²) in [5, 5.41) is 9.17. The van der Waals surface area contributed by atoms with Crippen molar-refractivity contribution in [1.29, 1.82) is 0 Å². The second-order valence-corrected chi connectivity index (χ2v) is 4.18. The SMILES string of the molecule is COc1ccc(CCNC(=O)c2cn[nH]c2)cc1OC. The zero-order valence-corrected chi connectivity index (χ0v) is 11.5. The third-order valence-corrected chi connectivity index (χ3v) is 2.91. The lowest BCUT2D eigenvalue weighted by atomic mass is 10.1. The second kappa shape index (κ2) is 6.60. The van der Waals surface area contributed by atoms with E-state index in [0.717, 1.165) is 5.56 Å². The largest absolute Gasteiger partial charge is 0.493 e. The van der Waals surface area contributed by atoms with Gasteiger partial charge in [0.2, 0.25) is 0 Å². The van der Waals surface area contributed by atoms with Crippen molar-refractivity contribution in [2.24, 2.45) is 0 Å². The third kappa shape index (κ3) is 3.28. The number of methoxy groups -OCH3 is 2. The summed E-state index contributed by atoms with van der Waals surface area (Å²) in [4.78, 5) is 11.7. The van der Waals surface area contributed by atoms with Gasteiger partial charge < -0.3 is 14.8 Å². The first-order valence-corrected chi connectivity index (χ1v) is 6.22. The van der Waals surface area contributed by atoms with Gasteiger partial charge in [-0.3, -0.25) is 9.89 Å². The standard InChI is InChI=1S/C14H17N3O3/c1-19-12-4-3-10(7-13(12)20-2)5-6-15-14(18)11-8-16-17-9-11/h3-4,7-9H,5-6H2,1-2H3,(H,15,18)(H,16,17). The van der Waals surface area contributed by atoms with Gasteiger partial charge in [0.15, 0.2) is 11.5 Å². The molecule has 2 N–H and O–H groups in total. The van der Waals surface area contributed by atoms with Crippen LogP contribution in [0.25, 0.3) is 0 Å². The minimum absolute atomic E-state index is 0.140. The van der Waals surface area contributed by atoms with Crippen molar-refractivity contribution in [3.8, 4) is 11.5 Å². The number of hydrogen-bond donors (Lipinski definition) is 2. The number of amides is 1. The van der Waals surface area contributed by atoms with Crippen molar-refractivity contribution in [1.82, 2.24) is 15.5 Å². The molecule has 0 fully saturated rings. The molecule has 1 aromatic carbocycles. The molecule has 1 heterocycles. The van der Waals surface area contributed by atoms with Crippen LogP contribution in [0.4, 0.5) is 0 Å². The maximum Gasteiger partial charge on any atom is 0.254 e. The van der Waals surface area contributed by atoms with Crippen LogP contribution in [0.5, 0.6) is 11.5 Å². The fraction of sp³-hybridized carbons (Fsp3) is 0.286. The number of carbonyl (C=O) groups excluding carboxylic acids is 1. The molecule has 20 heavy (non-hydrogen) atoms. The quantitative estimate of drug-likeness (QED) is 0.835. The van der Waals surface area contributed by atoms with Gasteiger partial charge in [-0.2, -0.15) is 5.10 Å². The van der Waals surface area contributed by atoms with Gasteiger partial charge in [0, 0.05) is 12.7 Å². The highest BCUT2D eigenvalue weighted by molar-refractivity contribution is 5.93. The fourth-order valence-electron chi connectivity index (χ4n) is 1.83. The van der Waals surface area contributed by atoms with E-state index in [1.807, 2.05) is 18.2 Å². The predicted molar refractivity (Wildman–Crippen MR) is 74.2 cm³/mol. The number of rotatable bonds is 6. The Labute approximate surface area is 117 Å². The van der Waals surface area contributed by atoms with Crippen LogP contribution in [0.1, 0.15) is 15.9 Å². The van der Waals surface area contributed by atoms with Crippen LogP contribution < -0.4 is 14.8 Å². The summed E-state index contributed by atoms with van der Waals surface area (Å²) in [6, 6.07) is 5.71. The fourth-order valence-corrected chi connectivity index (χ4v) is 1.83. The Bertz CT molecular complexity index is 567. The maximum atomic E-state index is 11.7. The average Bonchev–Trinajstić information content (AvgIpc) is 3.01. The molecule has 1 aromatic heterocycles. The zero-order chi connectivity index (χ0) is 14.4. The number of hydrogen-bond acceptors (Lipinski definition) is 4. The summed E-state index contributed by atoms with van der Waals surface area (Å²) in [5.74, 6) is 1.24. The van der Waals surface area contributed by atoms with E-state index in [4.69, 9.17) is 9.47 Å². The first kappa shape index (κ1) is 13.9. The molecule has 1 amide bonds. The molecule has 2 rings (SSSR count). The lowest BCUT2D eigenvalue weighted by Gasteiger charge is -2.09. The molecule has 0 radical (unpaired) electrons. The number of aromatic amines is 1. The molecule has 0 aliphatic rings. The predicted octanol–water partition coefficient (Wildman–Crippen LogP) is 1.40. The molecule has 0 atom stereocenters. The van der Waals surface area contributed by atoms with Crippen LogP contribution in [0, 0.1) is 0 Å². The van der Waals surface area contributed by atoms with Crippen LogP contribution in [-0.4, -0.2) is 36.9 Å². The molecule has 106 valence electrons. The molecule has 6 heteroatoms. The minimum Gasteiger partial charge on any atom is -0.493 e. The van der Waals surface area contributed by atoms with E-state index in [1.54, 1.807) is 20.4 Å². The molecule has 0 unspecified atom stereocenters. The van der Waals surface area contributed by atoms with Crippen LogP contribution >= 0.6 is 0 Å². The topological polar surface area (TPSA) is 76.2 Å². The molecule has 0 aliphatic heterocycles. The number of nitrogens with one attached hydrogen (secondary N) is 2. The van der Waals surface area contributed by atoms with E-state index in [-0.39, 0.29) is 5.91 Å². The molecule has 0 bridgehead atoms. The number of H-pyrrole nitrogens is 1. The Morgan fingerprint density at radius 1 is 1.30 bits per heavy atom. The number of nitrogens with zero attached hydrogens (tertiary/aromatic N) is 1. The molecule has 0 saturated carbocycles. The van der Waals surface area contributed by atoms with Crippen LogP contribution in [-0.2, 0) is 6.42 Å². The Morgan fingerprint density at radius 3 is 2.75 bits per heavy atom. The highest BCUT2D eigenvalue weighted by atomic mass is 16.5. The first-order valence-electron chi connectivity index (χ1n) is 6.22. The van der Waals surface area contributed by atoms with Gasteiger partial charge in [-0.25, -0.2) is 0 Å². The van der Waals surface area contributed by atoms with E-state index < -0.39 is 0 Å². The summed E-state index contributed by atoms with van der Waals surface area (Å²) in [5.41, 5.74) is 1.59. The Balaban J connectivity index is 1.89. The summed E-state index contributed by atoms with van der Waals surface area (Å²) in [7, 11) is 3.20. The van der Waals surface area contributed by atoms with E-state index in [9.17, 15) is 4.79 Å². The summed E-state index contributed by atoms with van der Waals surface area (Å²) >= 11 is 0. The monoisotopic (exact) mass is 275 g/mol. The van der Waals surface area contributed by atoms with Gasteiger partial charge >= 0.3 is 0 Å². The molecule has 2 aromatic rings. The lowest BCUT2D eigenvalue weighted by molar-refractivity contribution is 0.0954. The van der Waals surface area contributed by atoms with Crippen molar-refractivity contribution in [3.63, 3.8) is 0 Å². The van der Waals surface area contributed by atoms with Crippen LogP contribution in [0.15, 0.2) is 30.6 Å². The normalized spacial score (nSPS) is 10.1. The highest BCUT2D eigenvalue weighted by Gasteiger charge is 2.07. The van der Waals surface area contributed by atoms with Gasteiger partial charge in [-0.15, -0.1) is 0 Å². The number of carbonyl (C=O) groups is 1. The maximum absolute atomic E-state index is 11.7. The average molecular weight is 275 g/mol. The van der Waals surface area contributed by atoms with Gasteiger partial charge in [-0.1, -0.05) is 6.07 Å². The Hall–Kier alpha value is -2.50. The Morgan fingerprint density at radius 2 is 2.10 bits per heavy atom. The molecule has 0 aliphatic carbocycles. The molecule has 0 saturated heterocycles. The van der Waals surface area contributed by atoms with Crippen molar-refractivity contribution in [2.75, 3.05) is 20.8 Å². The number of ether oxygens (including phenoxy) is 2. The van der Waals surface area contributed by atoms with E-state index in [0.29, 0.717) is 30.0 Å². The van der Waals surface area contributed by atoms with E-state index in [1.165, 1.54) is 6.20 Å². The molecular weight excluding hydrogens is 258 g/mol. The second-order valence-electron chi connectivity index (χ2n) is 4.18. The smallest absolute Gasteiger partial charge is 0.254 e. The number of benzene rings is 1. The van der Waals surface area contributed by atoms with Gasteiger partial charge in [0.1, 0.15) is 0 Å². The van der Waals surface area contributed by atoms with E-state index in [2.05, 4.69) is 15.5 Å². The van der Waals surface area contributed by atoms with E-state index >= 15 is 0 Å². The zero-order valence-electron chi connectivity index (χ0n) is 11.5. The minimum atomic E-state index is -0.140. The van der Waals surface area contributed by atoms with Crippen molar-refractivity contribution < 1.29 is 14.3 Å². The third-order valence-electron chi connectivity index (χ3n) is 2.91. The molecular formula is C14H17N3O3. The molecule has 6 nitrogen and oxygen atoms in total. The number of aromatic nitrogens is 2. The van der Waals surface area contributed by atoms with Crippen LogP contribution in [0.2, 0.25) is 0 Å². The lowest BCUT2D eigenvalue weighted by Crippen LogP contribution is -2.25. The van der Waals surface area contributed by atoms with Gasteiger partial charge in [0.25, 0.3) is 5.91 Å². The summed E-state index contributed by atoms with van der Waals surface area (Å²) < 4.78 is 10.4. The molecule has 0 spiro atoms. The van der Waals surface area contributed by atoms with Crippen molar-refractivity contribution in [3.05, 3.63) is 41.7 Å². The Kier molecular flexibility index (Phi) is 4.60. The first-order chi connectivity index (χ1) is 9.74. The van der Waals surface area contributed by atoms with Gasteiger partial charge in [-0.05, 0) is 24.1 Å². The van der Waals surface area contributed by atoms with Crippen LogP contribution in [0.3, 0.4) is 0 Å².